The summed E-state index contributed by atoms with van der Waals surface area (Å²) in [4.78, 5) is 9.88. The second kappa shape index (κ2) is 6.02. The highest BCUT2D eigenvalue weighted by molar-refractivity contribution is 7.86. The van der Waals surface area contributed by atoms with Crippen molar-refractivity contribution in [2.75, 3.05) is 0 Å². The van der Waals surface area contributed by atoms with Gasteiger partial charge in [-0.3, -0.25) is 13.9 Å². The van der Waals surface area contributed by atoms with Crippen molar-refractivity contribution in [1.29, 1.82) is 0 Å². The maximum atomic E-state index is 14.1. The molecule has 0 heterocycles. The van der Waals surface area contributed by atoms with Crippen molar-refractivity contribution in [3.05, 3.63) is 59.2 Å². The summed E-state index contributed by atoms with van der Waals surface area (Å²) < 4.78 is 89.5. The predicted octanol–water partition coefficient (Wildman–Crippen LogP) is 1.69. The molecule has 2 N–H and O–H groups in total. The van der Waals surface area contributed by atoms with Crippen LogP contribution in [0.2, 0.25) is 0 Å². The summed E-state index contributed by atoms with van der Waals surface area (Å²) in [6, 6.07) is 4.96. The first kappa shape index (κ1) is 18.1. The van der Waals surface area contributed by atoms with Crippen LogP contribution in [0.15, 0.2) is 46.2 Å². The zero-order valence-corrected chi connectivity index (χ0v) is 13.1. The van der Waals surface area contributed by atoms with Gasteiger partial charge in [0, 0.05) is 5.56 Å². The van der Waals surface area contributed by atoms with E-state index in [1.54, 1.807) is 0 Å². The lowest BCUT2D eigenvalue weighted by Gasteiger charge is -2.08. The van der Waals surface area contributed by atoms with Crippen LogP contribution in [0, 0.1) is 11.6 Å². The largest absolute Gasteiger partial charge is 0.300 e. The van der Waals surface area contributed by atoms with Crippen LogP contribution in [0.4, 0.5) is 8.78 Å². The molecule has 128 valence electrons. The molecule has 0 aliphatic heterocycles. The molecular weight excluding hydrogens is 370 g/mol. The van der Waals surface area contributed by atoms with Gasteiger partial charge in [-0.2, -0.15) is 16.8 Å². The molecule has 24 heavy (non-hydrogen) atoms. The van der Waals surface area contributed by atoms with E-state index in [1.807, 2.05) is 0 Å². The van der Waals surface area contributed by atoms with E-state index in [0.717, 1.165) is 24.3 Å². The van der Waals surface area contributed by atoms with Crippen molar-refractivity contribution in [3.8, 4) is 0 Å². The van der Waals surface area contributed by atoms with E-state index in [4.69, 9.17) is 9.11 Å². The van der Waals surface area contributed by atoms with Gasteiger partial charge in [0.1, 0.15) is 5.82 Å². The Morgan fingerprint density at radius 2 is 1.54 bits per heavy atom. The Morgan fingerprint density at radius 1 is 0.917 bits per heavy atom. The molecule has 11 heteroatoms. The third kappa shape index (κ3) is 3.48. The van der Waals surface area contributed by atoms with Crippen molar-refractivity contribution >= 4 is 26.0 Å². The van der Waals surface area contributed by atoms with Crippen molar-refractivity contribution in [2.24, 2.45) is 0 Å². The fourth-order valence-electron chi connectivity index (χ4n) is 1.90. The fourth-order valence-corrected chi connectivity index (χ4v) is 3.07. The highest BCUT2D eigenvalue weighted by Crippen LogP contribution is 2.24. The van der Waals surface area contributed by atoms with Crippen molar-refractivity contribution < 1.29 is 39.5 Å². The Hall–Kier alpha value is -2.21. The van der Waals surface area contributed by atoms with Crippen LogP contribution in [0.1, 0.15) is 15.9 Å². The summed E-state index contributed by atoms with van der Waals surface area (Å²) in [6.07, 6.45) is 0. The first-order chi connectivity index (χ1) is 10.9. The summed E-state index contributed by atoms with van der Waals surface area (Å²) in [6.45, 7) is 0. The van der Waals surface area contributed by atoms with Crippen LogP contribution in [0.25, 0.3) is 0 Å². The van der Waals surface area contributed by atoms with Gasteiger partial charge in [0.2, 0.25) is 0 Å². The molecule has 0 saturated carbocycles. The number of carbonyl (C=O) groups is 1. The molecule has 2 aromatic rings. The average molecular weight is 378 g/mol. The van der Waals surface area contributed by atoms with Gasteiger partial charge < -0.3 is 0 Å². The summed E-state index contributed by atoms with van der Waals surface area (Å²) in [7, 11) is -9.90. The highest BCUT2D eigenvalue weighted by Gasteiger charge is 2.27. The van der Waals surface area contributed by atoms with Gasteiger partial charge in [0.05, 0.1) is 10.5 Å². The second-order valence-electron chi connectivity index (χ2n) is 4.55. The van der Waals surface area contributed by atoms with Gasteiger partial charge in [-0.1, -0.05) is 12.1 Å². The maximum absolute atomic E-state index is 14.1. The summed E-state index contributed by atoms with van der Waals surface area (Å²) in [5, 5.41) is 0. The van der Waals surface area contributed by atoms with Gasteiger partial charge in [0.15, 0.2) is 16.5 Å². The SMILES string of the molecule is O=C(c1cccc(S(=O)(=O)O)c1)c1ccc(F)c(S(=O)(=O)O)c1F. The normalized spacial score (nSPS) is 12.2. The molecule has 2 aromatic carbocycles. The van der Waals surface area contributed by atoms with E-state index >= 15 is 0 Å². The zero-order chi connectivity index (χ0) is 18.3. The molecule has 0 bridgehead atoms. The minimum atomic E-state index is -5.27. The molecule has 0 aromatic heterocycles. The minimum Gasteiger partial charge on any atom is -0.288 e. The monoisotopic (exact) mass is 378 g/mol. The van der Waals surface area contributed by atoms with Crippen LogP contribution in [0.5, 0.6) is 0 Å². The number of halogens is 2. The molecule has 0 spiro atoms. The number of carbonyl (C=O) groups excluding carboxylic acids is 1. The van der Waals surface area contributed by atoms with E-state index in [9.17, 15) is 30.4 Å². The zero-order valence-electron chi connectivity index (χ0n) is 11.5. The third-order valence-electron chi connectivity index (χ3n) is 2.95. The van der Waals surface area contributed by atoms with Crippen LogP contribution in [0.3, 0.4) is 0 Å². The van der Waals surface area contributed by atoms with Crippen molar-refractivity contribution in [1.82, 2.24) is 0 Å². The Morgan fingerprint density at radius 3 is 2.08 bits per heavy atom. The van der Waals surface area contributed by atoms with Crippen LogP contribution in [-0.4, -0.2) is 31.7 Å². The molecule has 0 amide bonds. The smallest absolute Gasteiger partial charge is 0.288 e. The molecule has 0 atom stereocenters. The van der Waals surface area contributed by atoms with E-state index < -0.39 is 58.6 Å². The maximum Gasteiger partial charge on any atom is 0.300 e. The Bertz CT molecular complexity index is 1040. The fraction of sp³-hybridized carbons (Fsp3) is 0. The second-order valence-corrected chi connectivity index (χ2v) is 7.33. The molecule has 0 fully saturated rings. The molecule has 0 radical (unpaired) electrons. The first-order valence-corrected chi connectivity index (χ1v) is 8.88. The summed E-state index contributed by atoms with van der Waals surface area (Å²) >= 11 is 0. The standard InChI is InChI=1S/C13H8F2O7S2/c14-10-5-4-9(11(15)13(10)24(20,21)22)12(16)7-2-1-3-8(6-7)23(17,18)19/h1-6H,(H,17,18,19)(H,20,21,22). The average Bonchev–Trinajstić information content (AvgIpc) is 2.44. The summed E-state index contributed by atoms with van der Waals surface area (Å²) in [5.41, 5.74) is -1.31. The third-order valence-corrected chi connectivity index (χ3v) is 4.69. The Kier molecular flexibility index (Phi) is 4.55. The van der Waals surface area contributed by atoms with Gasteiger partial charge in [-0.15, -0.1) is 0 Å². The molecular formula is C13H8F2O7S2. The minimum absolute atomic E-state index is 0.406. The van der Waals surface area contributed by atoms with Crippen LogP contribution >= 0.6 is 0 Å². The van der Waals surface area contributed by atoms with E-state index in [1.165, 1.54) is 0 Å². The van der Waals surface area contributed by atoms with Gasteiger partial charge in [0.25, 0.3) is 20.2 Å². The molecule has 2 rings (SSSR count). The number of hydrogen-bond acceptors (Lipinski definition) is 5. The van der Waals surface area contributed by atoms with E-state index in [-0.39, 0.29) is 0 Å². The van der Waals surface area contributed by atoms with Crippen LogP contribution in [-0.2, 0) is 20.2 Å². The first-order valence-electron chi connectivity index (χ1n) is 6.00. The lowest BCUT2D eigenvalue weighted by molar-refractivity contribution is 0.103. The van der Waals surface area contributed by atoms with Gasteiger partial charge in [-0.25, -0.2) is 8.78 Å². The Balaban J connectivity index is 2.65. The summed E-state index contributed by atoms with van der Waals surface area (Å²) in [5.74, 6) is -4.60. The van der Waals surface area contributed by atoms with E-state index in [2.05, 4.69) is 0 Å². The van der Waals surface area contributed by atoms with Crippen molar-refractivity contribution in [3.63, 3.8) is 0 Å². The predicted molar refractivity (Wildman–Crippen MR) is 75.9 cm³/mol. The number of benzene rings is 2. The lowest BCUT2D eigenvalue weighted by atomic mass is 10.0. The van der Waals surface area contributed by atoms with Gasteiger partial charge in [-0.05, 0) is 24.3 Å². The van der Waals surface area contributed by atoms with Crippen LogP contribution < -0.4 is 0 Å². The number of rotatable bonds is 4. The topological polar surface area (TPSA) is 126 Å². The molecule has 7 nitrogen and oxygen atoms in total. The van der Waals surface area contributed by atoms with Gasteiger partial charge >= 0.3 is 0 Å². The molecule has 0 aliphatic rings. The van der Waals surface area contributed by atoms with Crippen molar-refractivity contribution in [2.45, 2.75) is 9.79 Å². The molecule has 0 unspecified atom stereocenters. The Labute approximate surface area is 135 Å². The lowest BCUT2D eigenvalue weighted by Crippen LogP contribution is -2.12. The number of ketones is 1. The number of hydrogen-bond donors (Lipinski definition) is 2. The highest BCUT2D eigenvalue weighted by atomic mass is 32.2. The van der Waals surface area contributed by atoms with E-state index in [0.29, 0.717) is 12.1 Å². The molecule has 0 saturated heterocycles. The quantitative estimate of drug-likeness (QED) is 0.612. The molecule has 0 aliphatic carbocycles.